The number of fused-ring (bicyclic) bond motifs is 1. The Labute approximate surface area is 200 Å². The van der Waals surface area contributed by atoms with Crippen LogP contribution in [0.2, 0.25) is 5.02 Å². The fourth-order valence-electron chi connectivity index (χ4n) is 4.99. The Hall–Kier alpha value is -2.31. The number of benzene rings is 1. The van der Waals surface area contributed by atoms with Gasteiger partial charge in [0, 0.05) is 30.7 Å². The zero-order valence-corrected chi connectivity index (χ0v) is 20.2. The number of rotatable bonds is 5. The predicted molar refractivity (Wildman–Crippen MR) is 121 cm³/mol. The highest BCUT2D eigenvalue weighted by Crippen LogP contribution is 2.41. The summed E-state index contributed by atoms with van der Waals surface area (Å²) in [5.41, 5.74) is -0.326. The minimum absolute atomic E-state index is 0.0996. The first-order chi connectivity index (χ1) is 15.8. The number of hydrogen-bond donors (Lipinski definition) is 1. The minimum atomic E-state index is -4.45. The number of carbonyl (C=O) groups is 1. The van der Waals surface area contributed by atoms with E-state index in [-0.39, 0.29) is 46.7 Å². The number of carbonyl (C=O) groups excluding carboxylic acids is 1. The molecular weight excluding hydrogens is 495 g/mol. The first kappa shape index (κ1) is 24.8. The van der Waals surface area contributed by atoms with E-state index in [1.54, 1.807) is 4.90 Å². The SMILES string of the molecule is CN(Cc1cc(Cl)ccc1C(F)(F)F)C1CC2CN(C(=O)n3cc(NS(C)(=O)=O)cn3)C[C@@H]2C1. The van der Waals surface area contributed by atoms with Gasteiger partial charge in [0.2, 0.25) is 10.0 Å². The summed E-state index contributed by atoms with van der Waals surface area (Å²) < 4.78 is 66.3. The Morgan fingerprint density at radius 3 is 2.50 bits per heavy atom. The number of nitrogens with zero attached hydrogens (tertiary/aromatic N) is 4. The molecule has 2 fully saturated rings. The number of anilines is 1. The van der Waals surface area contributed by atoms with E-state index in [0.717, 1.165) is 29.8 Å². The van der Waals surface area contributed by atoms with Gasteiger partial charge < -0.3 is 4.90 Å². The molecule has 0 radical (unpaired) electrons. The van der Waals surface area contributed by atoms with E-state index < -0.39 is 21.8 Å². The summed E-state index contributed by atoms with van der Waals surface area (Å²) in [6.45, 7) is 1.17. The fourth-order valence-corrected chi connectivity index (χ4v) is 5.72. The molecule has 1 aliphatic heterocycles. The van der Waals surface area contributed by atoms with Gasteiger partial charge in [0.05, 0.1) is 29.9 Å². The van der Waals surface area contributed by atoms with Crippen LogP contribution in [-0.4, -0.2) is 66.5 Å². The van der Waals surface area contributed by atoms with Gasteiger partial charge in [0.15, 0.2) is 0 Å². The first-order valence-corrected chi connectivity index (χ1v) is 12.9. The second-order valence-electron chi connectivity index (χ2n) is 9.10. The van der Waals surface area contributed by atoms with E-state index >= 15 is 0 Å². The van der Waals surface area contributed by atoms with Gasteiger partial charge in [-0.05, 0) is 55.5 Å². The molecule has 3 atom stereocenters. The van der Waals surface area contributed by atoms with Crippen LogP contribution < -0.4 is 4.72 Å². The minimum Gasteiger partial charge on any atom is -0.322 e. The van der Waals surface area contributed by atoms with Gasteiger partial charge in [-0.25, -0.2) is 13.2 Å². The van der Waals surface area contributed by atoms with E-state index in [1.807, 2.05) is 11.9 Å². The summed E-state index contributed by atoms with van der Waals surface area (Å²) in [7, 11) is -1.66. The molecule has 0 bridgehead atoms. The average Bonchev–Trinajstić information content (AvgIpc) is 3.39. The monoisotopic (exact) mass is 519 g/mol. The van der Waals surface area contributed by atoms with Crippen molar-refractivity contribution in [3.8, 4) is 0 Å². The molecule has 1 saturated heterocycles. The van der Waals surface area contributed by atoms with Crippen molar-refractivity contribution in [1.29, 1.82) is 0 Å². The Kier molecular flexibility index (Phi) is 6.60. The van der Waals surface area contributed by atoms with Gasteiger partial charge in [-0.1, -0.05) is 11.6 Å². The van der Waals surface area contributed by atoms with Crippen LogP contribution in [0.15, 0.2) is 30.6 Å². The molecule has 1 amide bonds. The van der Waals surface area contributed by atoms with Crippen LogP contribution in [-0.2, 0) is 22.7 Å². The number of sulfonamides is 1. The molecule has 34 heavy (non-hydrogen) atoms. The van der Waals surface area contributed by atoms with Gasteiger partial charge in [0.25, 0.3) is 0 Å². The van der Waals surface area contributed by atoms with E-state index in [2.05, 4.69) is 9.82 Å². The molecule has 1 saturated carbocycles. The lowest BCUT2D eigenvalue weighted by molar-refractivity contribution is -0.138. The molecule has 0 spiro atoms. The normalized spacial score (nSPS) is 22.9. The number of alkyl halides is 3. The molecule has 13 heteroatoms. The first-order valence-electron chi connectivity index (χ1n) is 10.7. The third-order valence-electron chi connectivity index (χ3n) is 6.49. The highest BCUT2D eigenvalue weighted by atomic mass is 35.5. The van der Waals surface area contributed by atoms with Crippen LogP contribution in [0.5, 0.6) is 0 Å². The second kappa shape index (κ2) is 9.04. The topological polar surface area (TPSA) is 87.5 Å². The zero-order valence-electron chi connectivity index (χ0n) is 18.6. The molecule has 2 unspecified atom stereocenters. The standard InChI is InChI=1S/C21H25ClF3N5O3S/c1-28(9-15-5-16(22)3-4-19(15)21(23,24)25)18-6-13-10-29(11-14(13)7-18)20(31)30-12-17(8-26-30)27-34(2,32)33/h3-5,8,12-14,18,27H,6-7,9-11H2,1-2H3/t13-,14?,18?/m0/s1. The van der Waals surface area contributed by atoms with Crippen molar-refractivity contribution in [2.24, 2.45) is 11.8 Å². The number of aromatic nitrogens is 2. The third-order valence-corrected chi connectivity index (χ3v) is 7.34. The molecule has 8 nitrogen and oxygen atoms in total. The lowest BCUT2D eigenvalue weighted by Crippen LogP contribution is -2.36. The van der Waals surface area contributed by atoms with Gasteiger partial charge in [-0.3, -0.25) is 9.62 Å². The maximum absolute atomic E-state index is 13.4. The number of nitrogens with one attached hydrogen (secondary N) is 1. The smallest absolute Gasteiger partial charge is 0.322 e. The lowest BCUT2D eigenvalue weighted by atomic mass is 10.0. The summed E-state index contributed by atoms with van der Waals surface area (Å²) in [5.74, 6) is 0.476. The quantitative estimate of drug-likeness (QED) is 0.650. The number of halogens is 4. The van der Waals surface area contributed by atoms with E-state index in [9.17, 15) is 26.4 Å². The van der Waals surface area contributed by atoms with Crippen LogP contribution >= 0.6 is 11.6 Å². The second-order valence-corrected chi connectivity index (χ2v) is 11.3. The molecule has 2 heterocycles. The van der Waals surface area contributed by atoms with Crippen LogP contribution in [0.1, 0.15) is 24.0 Å². The van der Waals surface area contributed by atoms with Crippen molar-refractivity contribution in [3.05, 3.63) is 46.7 Å². The molecular formula is C21H25ClF3N5O3S. The summed E-state index contributed by atoms with van der Waals surface area (Å²) in [5, 5.41) is 4.22. The zero-order chi connectivity index (χ0) is 24.8. The van der Waals surface area contributed by atoms with Crippen molar-refractivity contribution in [3.63, 3.8) is 0 Å². The molecule has 1 aliphatic carbocycles. The van der Waals surface area contributed by atoms with Crippen molar-refractivity contribution in [1.82, 2.24) is 19.6 Å². The summed E-state index contributed by atoms with van der Waals surface area (Å²) in [4.78, 5) is 16.4. The van der Waals surface area contributed by atoms with Gasteiger partial charge in [-0.2, -0.15) is 23.0 Å². The predicted octanol–water partition coefficient (Wildman–Crippen LogP) is 3.74. The summed E-state index contributed by atoms with van der Waals surface area (Å²) >= 11 is 5.95. The number of amides is 1. The average molecular weight is 520 g/mol. The van der Waals surface area contributed by atoms with Crippen molar-refractivity contribution in [2.45, 2.75) is 31.6 Å². The highest BCUT2D eigenvalue weighted by molar-refractivity contribution is 7.92. The van der Waals surface area contributed by atoms with E-state index in [4.69, 9.17) is 11.6 Å². The van der Waals surface area contributed by atoms with E-state index in [0.29, 0.717) is 13.1 Å². The Morgan fingerprint density at radius 1 is 1.26 bits per heavy atom. The van der Waals surface area contributed by atoms with E-state index in [1.165, 1.54) is 24.5 Å². The molecule has 2 aliphatic rings. The highest BCUT2D eigenvalue weighted by Gasteiger charge is 2.44. The van der Waals surface area contributed by atoms with Crippen molar-refractivity contribution >= 4 is 33.3 Å². The summed E-state index contributed by atoms with van der Waals surface area (Å²) in [6.07, 6.45) is 0.706. The molecule has 1 aromatic heterocycles. The van der Waals surface area contributed by atoms with Gasteiger partial charge in [0.1, 0.15) is 0 Å². The number of likely N-dealkylation sites (tertiary alicyclic amines) is 1. The van der Waals surface area contributed by atoms with Crippen LogP contribution in [0.4, 0.5) is 23.7 Å². The Morgan fingerprint density at radius 2 is 1.91 bits per heavy atom. The Balaban J connectivity index is 1.36. The summed E-state index contributed by atoms with van der Waals surface area (Å²) in [6, 6.07) is 3.40. The van der Waals surface area contributed by atoms with Gasteiger partial charge >= 0.3 is 12.2 Å². The fraction of sp³-hybridized carbons (Fsp3) is 0.524. The third kappa shape index (κ3) is 5.49. The molecule has 1 N–H and O–H groups in total. The maximum atomic E-state index is 13.4. The van der Waals surface area contributed by atoms with Crippen molar-refractivity contribution in [2.75, 3.05) is 31.1 Å². The number of hydrogen-bond acceptors (Lipinski definition) is 5. The molecule has 2 aromatic rings. The molecule has 1 aromatic carbocycles. The maximum Gasteiger partial charge on any atom is 0.416 e. The van der Waals surface area contributed by atoms with Crippen molar-refractivity contribution < 1.29 is 26.4 Å². The van der Waals surface area contributed by atoms with Gasteiger partial charge in [-0.15, -0.1) is 0 Å². The molecule has 186 valence electrons. The van der Waals surface area contributed by atoms with Crippen LogP contribution in [0.25, 0.3) is 0 Å². The lowest BCUT2D eigenvalue weighted by Gasteiger charge is -2.27. The Bertz CT molecular complexity index is 1170. The molecule has 4 rings (SSSR count). The largest absolute Gasteiger partial charge is 0.416 e. The van der Waals surface area contributed by atoms with Crippen LogP contribution in [0.3, 0.4) is 0 Å². The van der Waals surface area contributed by atoms with Crippen LogP contribution in [0, 0.1) is 11.8 Å².